The van der Waals surface area contributed by atoms with E-state index in [1.807, 2.05) is 7.05 Å². The van der Waals surface area contributed by atoms with Gasteiger partial charge in [-0.05, 0) is 43.5 Å². The predicted octanol–water partition coefficient (Wildman–Crippen LogP) is 5.05. The van der Waals surface area contributed by atoms with Gasteiger partial charge in [-0.1, -0.05) is 60.7 Å². The number of benzene rings is 2. The lowest BCUT2D eigenvalue weighted by molar-refractivity contribution is 0.197. The molecule has 2 aromatic heterocycles. The lowest BCUT2D eigenvalue weighted by atomic mass is 9.93. The molecule has 5 rings (SSSR count). The van der Waals surface area contributed by atoms with Crippen molar-refractivity contribution in [3.8, 4) is 0 Å². The fourth-order valence-corrected chi connectivity index (χ4v) is 4.96. The number of rotatable bonds is 6. The molecule has 1 aliphatic rings. The number of nitrogens with zero attached hydrogens (tertiary/aromatic N) is 4. The summed E-state index contributed by atoms with van der Waals surface area (Å²) in [4.78, 5) is 7.61. The van der Waals surface area contributed by atoms with Crippen molar-refractivity contribution >= 4 is 11.3 Å². The molecule has 5 nitrogen and oxygen atoms in total. The molecule has 0 bridgehead atoms. The summed E-state index contributed by atoms with van der Waals surface area (Å²) in [6, 6.07) is 23.7. The van der Waals surface area contributed by atoms with E-state index in [-0.39, 0.29) is 0 Å². The normalized spacial score (nSPS) is 17.0. The SMILES string of the molecule is CNc1c(C)nn2c(C3CCCN(Cc4ccccc4)C3)cc(Cc3ccccc3)nc12. The van der Waals surface area contributed by atoms with Crippen LogP contribution in [0.4, 0.5) is 5.69 Å². The molecule has 2 aromatic carbocycles. The summed E-state index contributed by atoms with van der Waals surface area (Å²) in [6.45, 7) is 5.26. The van der Waals surface area contributed by atoms with Crippen LogP contribution < -0.4 is 5.32 Å². The lowest BCUT2D eigenvalue weighted by Crippen LogP contribution is -2.34. The number of hydrogen-bond acceptors (Lipinski definition) is 4. The molecule has 1 N–H and O–H groups in total. The van der Waals surface area contributed by atoms with Crippen molar-refractivity contribution in [3.63, 3.8) is 0 Å². The molecule has 0 aliphatic carbocycles. The van der Waals surface area contributed by atoms with Crippen LogP contribution in [0.2, 0.25) is 0 Å². The van der Waals surface area contributed by atoms with E-state index >= 15 is 0 Å². The summed E-state index contributed by atoms with van der Waals surface area (Å²) in [5.74, 6) is 0.441. The quantitative estimate of drug-likeness (QED) is 0.470. The predicted molar refractivity (Wildman–Crippen MR) is 130 cm³/mol. The topological polar surface area (TPSA) is 45.5 Å². The van der Waals surface area contributed by atoms with Crippen molar-refractivity contribution in [1.29, 1.82) is 0 Å². The van der Waals surface area contributed by atoms with Crippen molar-refractivity contribution in [2.24, 2.45) is 0 Å². The zero-order valence-corrected chi connectivity index (χ0v) is 19.0. The van der Waals surface area contributed by atoms with E-state index in [0.29, 0.717) is 5.92 Å². The van der Waals surface area contributed by atoms with Gasteiger partial charge < -0.3 is 5.32 Å². The first-order chi connectivity index (χ1) is 15.7. The van der Waals surface area contributed by atoms with Gasteiger partial charge in [0.05, 0.1) is 11.4 Å². The van der Waals surface area contributed by atoms with Crippen molar-refractivity contribution in [3.05, 3.63) is 94.9 Å². The Morgan fingerprint density at radius 2 is 1.72 bits per heavy atom. The van der Waals surface area contributed by atoms with E-state index in [1.54, 1.807) is 0 Å². The number of hydrogen-bond donors (Lipinski definition) is 1. The van der Waals surface area contributed by atoms with Gasteiger partial charge in [0.2, 0.25) is 0 Å². The van der Waals surface area contributed by atoms with Crippen LogP contribution in [0.1, 0.15) is 47.0 Å². The number of aromatic nitrogens is 3. The molecule has 1 aliphatic heterocycles. The molecule has 1 fully saturated rings. The highest BCUT2D eigenvalue weighted by Gasteiger charge is 2.26. The molecule has 164 valence electrons. The van der Waals surface area contributed by atoms with Crippen molar-refractivity contribution < 1.29 is 0 Å². The molecule has 0 spiro atoms. The number of nitrogens with one attached hydrogen (secondary N) is 1. The van der Waals surface area contributed by atoms with Gasteiger partial charge in [-0.3, -0.25) is 4.90 Å². The number of anilines is 1. The molecule has 32 heavy (non-hydrogen) atoms. The third-order valence-electron chi connectivity index (χ3n) is 6.50. The van der Waals surface area contributed by atoms with Crippen LogP contribution in [-0.4, -0.2) is 39.6 Å². The Bertz CT molecular complexity index is 1180. The summed E-state index contributed by atoms with van der Waals surface area (Å²) < 4.78 is 2.09. The van der Waals surface area contributed by atoms with E-state index in [2.05, 4.69) is 88.4 Å². The number of likely N-dealkylation sites (tertiary alicyclic amines) is 1. The van der Waals surface area contributed by atoms with Crippen molar-refractivity contribution in [1.82, 2.24) is 19.5 Å². The number of fused-ring (bicyclic) bond motifs is 1. The number of piperidine rings is 1. The fourth-order valence-electron chi connectivity index (χ4n) is 4.96. The van der Waals surface area contributed by atoms with Gasteiger partial charge in [0.15, 0.2) is 5.65 Å². The van der Waals surface area contributed by atoms with E-state index in [0.717, 1.165) is 48.8 Å². The Morgan fingerprint density at radius 1 is 1.00 bits per heavy atom. The third-order valence-corrected chi connectivity index (χ3v) is 6.50. The fraction of sp³-hybridized carbons (Fsp3) is 0.333. The first-order valence-corrected chi connectivity index (χ1v) is 11.6. The van der Waals surface area contributed by atoms with Gasteiger partial charge in [-0.15, -0.1) is 0 Å². The van der Waals surface area contributed by atoms with Crippen LogP contribution in [0.3, 0.4) is 0 Å². The molecule has 0 amide bonds. The Kier molecular flexibility index (Phi) is 5.91. The molecular formula is C27H31N5. The third kappa shape index (κ3) is 4.26. The van der Waals surface area contributed by atoms with Crippen LogP contribution in [0, 0.1) is 6.92 Å². The van der Waals surface area contributed by atoms with Gasteiger partial charge in [-0.2, -0.15) is 5.10 Å². The zero-order valence-electron chi connectivity index (χ0n) is 19.0. The Hall–Kier alpha value is -3.18. The maximum Gasteiger partial charge on any atom is 0.179 e. The van der Waals surface area contributed by atoms with Gasteiger partial charge in [-0.25, -0.2) is 9.50 Å². The molecule has 4 aromatic rings. The second-order valence-corrected chi connectivity index (χ2v) is 8.84. The Morgan fingerprint density at radius 3 is 2.44 bits per heavy atom. The number of aryl methyl sites for hydroxylation is 1. The van der Waals surface area contributed by atoms with E-state index in [9.17, 15) is 0 Å². The average molecular weight is 426 g/mol. The average Bonchev–Trinajstić information content (AvgIpc) is 3.15. The monoisotopic (exact) mass is 425 g/mol. The largest absolute Gasteiger partial charge is 0.384 e. The summed E-state index contributed by atoms with van der Waals surface area (Å²) in [5.41, 5.74) is 8.01. The molecule has 5 heteroatoms. The van der Waals surface area contributed by atoms with Gasteiger partial charge in [0.25, 0.3) is 0 Å². The Balaban J connectivity index is 1.50. The maximum atomic E-state index is 5.03. The van der Waals surface area contributed by atoms with Crippen LogP contribution >= 0.6 is 0 Å². The minimum absolute atomic E-state index is 0.441. The highest BCUT2D eigenvalue weighted by Crippen LogP contribution is 2.31. The van der Waals surface area contributed by atoms with Gasteiger partial charge in [0, 0.05) is 38.2 Å². The molecule has 0 radical (unpaired) electrons. The minimum atomic E-state index is 0.441. The van der Waals surface area contributed by atoms with Crippen LogP contribution in [-0.2, 0) is 13.0 Å². The first-order valence-electron chi connectivity index (χ1n) is 11.6. The molecule has 3 heterocycles. The zero-order chi connectivity index (χ0) is 21.9. The molecular weight excluding hydrogens is 394 g/mol. The maximum absolute atomic E-state index is 5.03. The van der Waals surface area contributed by atoms with E-state index in [1.165, 1.54) is 29.7 Å². The second-order valence-electron chi connectivity index (χ2n) is 8.84. The smallest absolute Gasteiger partial charge is 0.179 e. The second kappa shape index (κ2) is 9.13. The molecule has 1 atom stereocenters. The van der Waals surface area contributed by atoms with Crippen LogP contribution in [0.25, 0.3) is 5.65 Å². The highest BCUT2D eigenvalue weighted by molar-refractivity contribution is 5.70. The lowest BCUT2D eigenvalue weighted by Gasteiger charge is -2.33. The summed E-state index contributed by atoms with van der Waals surface area (Å²) >= 11 is 0. The van der Waals surface area contributed by atoms with Crippen molar-refractivity contribution in [2.45, 2.75) is 38.6 Å². The minimum Gasteiger partial charge on any atom is -0.384 e. The standard InChI is InChI=1S/C27H31N5/c1-20-26(28-2)27-29-24(16-21-10-5-3-6-11-21)17-25(32(27)30-20)23-14-9-15-31(19-23)18-22-12-7-4-8-13-22/h3-8,10-13,17,23,28H,9,14-16,18-19H2,1-2H3. The van der Waals surface area contributed by atoms with Gasteiger partial charge in [0.1, 0.15) is 5.69 Å². The van der Waals surface area contributed by atoms with Crippen LogP contribution in [0.15, 0.2) is 66.7 Å². The van der Waals surface area contributed by atoms with Crippen molar-refractivity contribution in [2.75, 3.05) is 25.5 Å². The molecule has 0 saturated carbocycles. The summed E-state index contributed by atoms with van der Waals surface area (Å²) in [6.07, 6.45) is 3.22. The van der Waals surface area contributed by atoms with Gasteiger partial charge >= 0.3 is 0 Å². The van der Waals surface area contributed by atoms with E-state index < -0.39 is 0 Å². The summed E-state index contributed by atoms with van der Waals surface area (Å²) in [5, 5.41) is 8.21. The van der Waals surface area contributed by atoms with E-state index in [4.69, 9.17) is 10.1 Å². The molecule has 1 saturated heterocycles. The Labute approximate surface area is 190 Å². The molecule has 1 unspecified atom stereocenters. The van der Waals surface area contributed by atoms with Crippen LogP contribution in [0.5, 0.6) is 0 Å². The first kappa shape index (κ1) is 20.7. The highest BCUT2D eigenvalue weighted by atomic mass is 15.3. The summed E-state index contributed by atoms with van der Waals surface area (Å²) in [7, 11) is 1.96.